The lowest BCUT2D eigenvalue weighted by Gasteiger charge is -2.39. The highest BCUT2D eigenvalue weighted by Gasteiger charge is 2.40. The van der Waals surface area contributed by atoms with Crippen molar-refractivity contribution >= 4 is 15.6 Å². The average Bonchev–Trinajstić information content (AvgIpc) is 2.95. The van der Waals surface area contributed by atoms with E-state index in [0.29, 0.717) is 12.8 Å². The SMILES string of the molecule is CCC(CC)(C(=O)CCCS(=O)(=O)CC)N1CCCC1. The highest BCUT2D eigenvalue weighted by Crippen LogP contribution is 2.30. The first-order chi connectivity index (χ1) is 9.41. The second kappa shape index (κ2) is 7.55. The summed E-state index contributed by atoms with van der Waals surface area (Å²) >= 11 is 0. The minimum atomic E-state index is -2.96. The molecule has 0 aromatic rings. The molecule has 1 rings (SSSR count). The number of nitrogens with zero attached hydrogens (tertiary/aromatic N) is 1. The quantitative estimate of drug-likeness (QED) is 0.656. The second-order valence-electron chi connectivity index (χ2n) is 5.70. The van der Waals surface area contributed by atoms with E-state index in [0.717, 1.165) is 25.9 Å². The molecule has 0 bridgehead atoms. The molecule has 0 radical (unpaired) electrons. The van der Waals surface area contributed by atoms with E-state index in [9.17, 15) is 13.2 Å². The molecule has 0 aliphatic carbocycles. The van der Waals surface area contributed by atoms with Gasteiger partial charge in [0.05, 0.1) is 11.3 Å². The zero-order valence-electron chi connectivity index (χ0n) is 13.2. The van der Waals surface area contributed by atoms with Crippen LogP contribution in [0.1, 0.15) is 59.3 Å². The van der Waals surface area contributed by atoms with Crippen molar-refractivity contribution < 1.29 is 13.2 Å². The average molecular weight is 303 g/mol. The Bertz CT molecular complexity index is 407. The Balaban J connectivity index is 2.65. The Labute approximate surface area is 123 Å². The largest absolute Gasteiger partial charge is 0.298 e. The van der Waals surface area contributed by atoms with Gasteiger partial charge in [-0.25, -0.2) is 8.42 Å². The van der Waals surface area contributed by atoms with Gasteiger partial charge >= 0.3 is 0 Å². The third-order valence-corrected chi connectivity index (χ3v) is 6.49. The smallest absolute Gasteiger partial charge is 0.153 e. The molecule has 1 saturated heterocycles. The van der Waals surface area contributed by atoms with Crippen LogP contribution in [-0.2, 0) is 14.6 Å². The van der Waals surface area contributed by atoms with Crippen LogP contribution in [0.5, 0.6) is 0 Å². The van der Waals surface area contributed by atoms with Gasteiger partial charge in [0.25, 0.3) is 0 Å². The van der Waals surface area contributed by atoms with E-state index in [1.807, 2.05) is 0 Å². The number of sulfone groups is 1. The highest BCUT2D eigenvalue weighted by atomic mass is 32.2. The summed E-state index contributed by atoms with van der Waals surface area (Å²) in [5.41, 5.74) is -0.355. The van der Waals surface area contributed by atoms with Crippen LogP contribution in [0.2, 0.25) is 0 Å². The lowest BCUT2D eigenvalue weighted by molar-refractivity contribution is -0.131. The molecular weight excluding hydrogens is 274 g/mol. The third-order valence-electron chi connectivity index (χ3n) is 4.70. The van der Waals surface area contributed by atoms with Crippen molar-refractivity contribution in [2.75, 3.05) is 24.6 Å². The van der Waals surface area contributed by atoms with Crippen molar-refractivity contribution in [2.45, 2.75) is 64.8 Å². The summed E-state index contributed by atoms with van der Waals surface area (Å²) in [6, 6.07) is 0. The normalized spacial score (nSPS) is 17.6. The van der Waals surface area contributed by atoms with E-state index in [4.69, 9.17) is 0 Å². The predicted octanol–water partition coefficient (Wildman–Crippen LogP) is 2.43. The maximum absolute atomic E-state index is 12.7. The number of rotatable bonds is 9. The summed E-state index contributed by atoms with van der Waals surface area (Å²) in [5.74, 6) is 0.536. The van der Waals surface area contributed by atoms with E-state index in [1.54, 1.807) is 6.92 Å². The Morgan fingerprint density at radius 3 is 2.10 bits per heavy atom. The van der Waals surface area contributed by atoms with Gasteiger partial charge in [-0.15, -0.1) is 0 Å². The molecule has 0 atom stereocenters. The van der Waals surface area contributed by atoms with Crippen molar-refractivity contribution in [3.8, 4) is 0 Å². The molecule has 0 amide bonds. The van der Waals surface area contributed by atoms with Crippen LogP contribution < -0.4 is 0 Å². The van der Waals surface area contributed by atoms with Crippen LogP contribution >= 0.6 is 0 Å². The first kappa shape index (κ1) is 17.6. The van der Waals surface area contributed by atoms with Gasteiger partial charge < -0.3 is 0 Å². The maximum Gasteiger partial charge on any atom is 0.153 e. The van der Waals surface area contributed by atoms with Crippen LogP contribution in [0.3, 0.4) is 0 Å². The molecular formula is C15H29NO3S. The number of carbonyl (C=O) groups excluding carboxylic acids is 1. The molecule has 0 unspecified atom stereocenters. The number of hydrogen-bond donors (Lipinski definition) is 0. The van der Waals surface area contributed by atoms with Gasteiger partial charge in [-0.1, -0.05) is 20.8 Å². The molecule has 1 fully saturated rings. The zero-order chi connectivity index (χ0) is 15.2. The monoisotopic (exact) mass is 303 g/mol. The lowest BCUT2D eigenvalue weighted by atomic mass is 9.84. The predicted molar refractivity (Wildman–Crippen MR) is 82.7 cm³/mol. The van der Waals surface area contributed by atoms with Gasteiger partial charge in [0.15, 0.2) is 5.78 Å². The number of carbonyl (C=O) groups is 1. The minimum absolute atomic E-state index is 0.138. The Morgan fingerprint density at radius 1 is 1.10 bits per heavy atom. The summed E-state index contributed by atoms with van der Waals surface area (Å²) in [6.45, 7) is 7.80. The highest BCUT2D eigenvalue weighted by molar-refractivity contribution is 7.91. The minimum Gasteiger partial charge on any atom is -0.298 e. The molecule has 1 aliphatic rings. The topological polar surface area (TPSA) is 54.5 Å². The van der Waals surface area contributed by atoms with Gasteiger partial charge in [0, 0.05) is 12.2 Å². The van der Waals surface area contributed by atoms with Gasteiger partial charge in [-0.05, 0) is 45.2 Å². The molecule has 0 N–H and O–H groups in total. The summed E-state index contributed by atoms with van der Waals surface area (Å²) in [6.07, 6.45) is 4.83. The fraction of sp³-hybridized carbons (Fsp3) is 0.933. The van der Waals surface area contributed by atoms with Crippen LogP contribution in [0.15, 0.2) is 0 Å². The maximum atomic E-state index is 12.7. The number of ketones is 1. The standard InChI is InChI=1S/C15H29NO3S/c1-4-15(5-2,16-11-7-8-12-16)14(17)10-9-13-20(18,19)6-3/h4-13H2,1-3H3. The zero-order valence-corrected chi connectivity index (χ0v) is 14.0. The second-order valence-corrected chi connectivity index (χ2v) is 8.17. The number of Topliss-reactive ketones (excluding diaryl/α,β-unsaturated/α-hetero) is 1. The molecule has 5 heteroatoms. The Kier molecular flexibility index (Phi) is 6.65. The van der Waals surface area contributed by atoms with Gasteiger partial charge in [0.2, 0.25) is 0 Å². The van der Waals surface area contributed by atoms with Gasteiger partial charge in [-0.2, -0.15) is 0 Å². The van der Waals surface area contributed by atoms with Gasteiger partial charge in [0.1, 0.15) is 9.84 Å². The van der Waals surface area contributed by atoms with Crippen molar-refractivity contribution in [1.82, 2.24) is 4.90 Å². The van der Waals surface area contributed by atoms with E-state index in [1.165, 1.54) is 12.8 Å². The van der Waals surface area contributed by atoms with E-state index >= 15 is 0 Å². The van der Waals surface area contributed by atoms with Crippen LogP contribution in [0.25, 0.3) is 0 Å². The van der Waals surface area contributed by atoms with Gasteiger partial charge in [-0.3, -0.25) is 9.69 Å². The first-order valence-electron chi connectivity index (χ1n) is 7.90. The summed E-state index contributed by atoms with van der Waals surface area (Å²) in [4.78, 5) is 15.0. The summed E-state index contributed by atoms with van der Waals surface area (Å²) < 4.78 is 23.0. The molecule has 0 aromatic heterocycles. The fourth-order valence-electron chi connectivity index (χ4n) is 3.24. The Hall–Kier alpha value is -0.420. The summed E-state index contributed by atoms with van der Waals surface area (Å²) in [5, 5.41) is 0. The van der Waals surface area contributed by atoms with Crippen molar-refractivity contribution in [3.05, 3.63) is 0 Å². The molecule has 1 aliphatic heterocycles. The molecule has 0 aromatic carbocycles. The lowest BCUT2D eigenvalue weighted by Crippen LogP contribution is -2.52. The molecule has 118 valence electrons. The molecule has 20 heavy (non-hydrogen) atoms. The number of hydrogen-bond acceptors (Lipinski definition) is 4. The Morgan fingerprint density at radius 2 is 1.65 bits per heavy atom. The molecule has 4 nitrogen and oxygen atoms in total. The third kappa shape index (κ3) is 4.04. The summed E-state index contributed by atoms with van der Waals surface area (Å²) in [7, 11) is -2.96. The first-order valence-corrected chi connectivity index (χ1v) is 9.72. The van der Waals surface area contributed by atoms with E-state index in [-0.39, 0.29) is 22.8 Å². The van der Waals surface area contributed by atoms with E-state index in [2.05, 4.69) is 18.7 Å². The fourth-order valence-corrected chi connectivity index (χ4v) is 4.12. The van der Waals surface area contributed by atoms with Crippen molar-refractivity contribution in [1.29, 1.82) is 0 Å². The number of likely N-dealkylation sites (tertiary alicyclic amines) is 1. The van der Waals surface area contributed by atoms with Crippen molar-refractivity contribution in [3.63, 3.8) is 0 Å². The molecule has 1 heterocycles. The molecule has 0 saturated carbocycles. The van der Waals surface area contributed by atoms with E-state index < -0.39 is 9.84 Å². The van der Waals surface area contributed by atoms with Crippen molar-refractivity contribution in [2.24, 2.45) is 0 Å². The van der Waals surface area contributed by atoms with Crippen LogP contribution in [0, 0.1) is 0 Å². The van der Waals surface area contributed by atoms with Crippen LogP contribution in [0.4, 0.5) is 0 Å². The van der Waals surface area contributed by atoms with Crippen LogP contribution in [-0.4, -0.2) is 49.2 Å². The molecule has 0 spiro atoms.